The Labute approximate surface area is 132 Å². The number of allylic oxidation sites excluding steroid dienone is 1. The van der Waals surface area contributed by atoms with E-state index in [1.165, 1.54) is 0 Å². The molecule has 0 amide bonds. The van der Waals surface area contributed by atoms with E-state index in [0.29, 0.717) is 17.9 Å². The van der Waals surface area contributed by atoms with E-state index in [2.05, 4.69) is 6.58 Å². The maximum Gasteiger partial charge on any atom is 0.261 e. The number of ether oxygens (including phenoxy) is 1. The van der Waals surface area contributed by atoms with Crippen molar-refractivity contribution in [1.29, 1.82) is 0 Å². The van der Waals surface area contributed by atoms with Gasteiger partial charge in [-0.2, -0.15) is 0 Å². The van der Waals surface area contributed by atoms with E-state index < -0.39 is 9.05 Å². The average Bonchev–Trinajstić information content (AvgIpc) is 2.31. The van der Waals surface area contributed by atoms with Gasteiger partial charge in [0.15, 0.2) is 0 Å². The van der Waals surface area contributed by atoms with Crippen LogP contribution in [0, 0.1) is 6.92 Å². The summed E-state index contributed by atoms with van der Waals surface area (Å²) in [6, 6.07) is 3.38. The summed E-state index contributed by atoms with van der Waals surface area (Å²) in [6.07, 6.45) is 3.61. The normalized spacial score (nSPS) is 12.2. The molecule has 0 saturated carbocycles. The van der Waals surface area contributed by atoms with Crippen molar-refractivity contribution in [2.75, 3.05) is 6.61 Å². The number of halogens is 1. The molecule has 0 N–H and O–H groups in total. The van der Waals surface area contributed by atoms with Gasteiger partial charge in [-0.15, -0.1) is 6.58 Å². The molecule has 0 aliphatic carbocycles. The van der Waals surface area contributed by atoms with Gasteiger partial charge in [-0.3, -0.25) is 0 Å². The molecule has 0 aliphatic heterocycles. The standard InChI is InChI=1S/C16H23ClO3S/c1-6-7-8-9-20-14-10-12(2)15(21(17,18)19)11-13(14)16(3,4)5/h6,10-11H,1,7-9H2,2-5H3. The number of rotatable bonds is 6. The molecule has 0 aliphatic rings. The molecular weight excluding hydrogens is 308 g/mol. The maximum atomic E-state index is 11.7. The summed E-state index contributed by atoms with van der Waals surface area (Å²) < 4.78 is 29.1. The van der Waals surface area contributed by atoms with E-state index in [9.17, 15) is 8.42 Å². The fraction of sp³-hybridized carbons (Fsp3) is 0.500. The van der Waals surface area contributed by atoms with Crippen molar-refractivity contribution < 1.29 is 13.2 Å². The highest BCUT2D eigenvalue weighted by atomic mass is 35.7. The molecule has 118 valence electrons. The summed E-state index contributed by atoms with van der Waals surface area (Å²) in [6.45, 7) is 12.0. The Morgan fingerprint density at radius 2 is 1.95 bits per heavy atom. The van der Waals surface area contributed by atoms with Crippen LogP contribution in [-0.4, -0.2) is 15.0 Å². The number of aryl methyl sites for hydroxylation is 1. The van der Waals surface area contributed by atoms with Gasteiger partial charge in [0.2, 0.25) is 0 Å². The third-order valence-corrected chi connectivity index (χ3v) is 4.62. The zero-order valence-electron chi connectivity index (χ0n) is 13.1. The van der Waals surface area contributed by atoms with Crippen molar-refractivity contribution >= 4 is 19.7 Å². The lowest BCUT2D eigenvalue weighted by atomic mass is 9.86. The molecule has 0 fully saturated rings. The zero-order valence-corrected chi connectivity index (χ0v) is 14.6. The van der Waals surface area contributed by atoms with E-state index in [1.807, 2.05) is 26.8 Å². The summed E-state index contributed by atoms with van der Waals surface area (Å²) in [5, 5.41) is 0. The van der Waals surface area contributed by atoms with Gasteiger partial charge in [0.1, 0.15) is 5.75 Å². The Morgan fingerprint density at radius 1 is 1.33 bits per heavy atom. The summed E-state index contributed by atoms with van der Waals surface area (Å²) in [5.41, 5.74) is 1.19. The lowest BCUT2D eigenvalue weighted by Crippen LogP contribution is -2.15. The van der Waals surface area contributed by atoms with Crippen LogP contribution < -0.4 is 4.74 Å². The van der Waals surface area contributed by atoms with Crippen molar-refractivity contribution in [2.45, 2.75) is 50.8 Å². The van der Waals surface area contributed by atoms with Crippen molar-refractivity contribution in [3.63, 3.8) is 0 Å². The van der Waals surface area contributed by atoms with Crippen molar-refractivity contribution in [2.24, 2.45) is 0 Å². The summed E-state index contributed by atoms with van der Waals surface area (Å²) in [4.78, 5) is 0.146. The van der Waals surface area contributed by atoms with Crippen LogP contribution in [0.4, 0.5) is 0 Å². The highest BCUT2D eigenvalue weighted by Gasteiger charge is 2.24. The maximum absolute atomic E-state index is 11.7. The number of hydrogen-bond acceptors (Lipinski definition) is 3. The highest BCUT2D eigenvalue weighted by molar-refractivity contribution is 8.13. The van der Waals surface area contributed by atoms with Crippen molar-refractivity contribution in [3.8, 4) is 5.75 Å². The second-order valence-electron chi connectivity index (χ2n) is 6.08. The average molecular weight is 331 g/mol. The van der Waals surface area contributed by atoms with Gasteiger partial charge < -0.3 is 4.74 Å². The molecule has 5 heteroatoms. The van der Waals surface area contributed by atoms with Crippen LogP contribution in [-0.2, 0) is 14.5 Å². The van der Waals surface area contributed by atoms with Crippen LogP contribution in [0.5, 0.6) is 5.75 Å². The molecule has 0 unspecified atom stereocenters. The summed E-state index contributed by atoms with van der Waals surface area (Å²) in [5.74, 6) is 0.716. The first-order valence-electron chi connectivity index (χ1n) is 6.91. The number of benzene rings is 1. The summed E-state index contributed by atoms with van der Waals surface area (Å²) in [7, 11) is 1.75. The largest absolute Gasteiger partial charge is 0.493 e. The Kier molecular flexibility index (Phi) is 5.88. The van der Waals surface area contributed by atoms with E-state index in [0.717, 1.165) is 18.4 Å². The van der Waals surface area contributed by atoms with Gasteiger partial charge in [0, 0.05) is 16.2 Å². The van der Waals surface area contributed by atoms with Crippen LogP contribution in [0.25, 0.3) is 0 Å². The minimum Gasteiger partial charge on any atom is -0.493 e. The van der Waals surface area contributed by atoms with Gasteiger partial charge in [-0.05, 0) is 42.9 Å². The van der Waals surface area contributed by atoms with Gasteiger partial charge >= 0.3 is 0 Å². The molecule has 0 saturated heterocycles. The van der Waals surface area contributed by atoms with Crippen molar-refractivity contribution in [3.05, 3.63) is 35.9 Å². The molecule has 21 heavy (non-hydrogen) atoms. The lowest BCUT2D eigenvalue weighted by Gasteiger charge is -2.24. The predicted molar refractivity (Wildman–Crippen MR) is 87.8 cm³/mol. The third-order valence-electron chi connectivity index (χ3n) is 3.16. The first kappa shape index (κ1) is 18.1. The Morgan fingerprint density at radius 3 is 2.43 bits per heavy atom. The number of hydrogen-bond donors (Lipinski definition) is 0. The highest BCUT2D eigenvalue weighted by Crippen LogP contribution is 2.36. The third kappa shape index (κ3) is 5.04. The van der Waals surface area contributed by atoms with Gasteiger partial charge in [0.05, 0.1) is 11.5 Å². The Hall–Kier alpha value is -1.00. The topological polar surface area (TPSA) is 43.4 Å². The Balaban J connectivity index is 3.24. The fourth-order valence-electron chi connectivity index (χ4n) is 2.04. The molecule has 0 aromatic heterocycles. The predicted octanol–water partition coefficient (Wildman–Crippen LogP) is 4.57. The monoisotopic (exact) mass is 330 g/mol. The first-order valence-corrected chi connectivity index (χ1v) is 9.22. The summed E-state index contributed by atoms with van der Waals surface area (Å²) >= 11 is 0. The number of unbranched alkanes of at least 4 members (excludes halogenated alkanes) is 1. The molecule has 0 bridgehead atoms. The molecule has 1 aromatic rings. The molecule has 0 radical (unpaired) electrons. The minimum absolute atomic E-state index is 0.146. The Bertz CT molecular complexity index is 613. The minimum atomic E-state index is -3.76. The van der Waals surface area contributed by atoms with Crippen LogP contribution in [0.15, 0.2) is 29.7 Å². The molecule has 0 spiro atoms. The van der Waals surface area contributed by atoms with Crippen LogP contribution in [0.3, 0.4) is 0 Å². The van der Waals surface area contributed by atoms with Gasteiger partial charge in [0.25, 0.3) is 9.05 Å². The van der Waals surface area contributed by atoms with Gasteiger partial charge in [-0.1, -0.05) is 26.8 Å². The van der Waals surface area contributed by atoms with E-state index in [1.54, 1.807) is 19.1 Å². The quantitative estimate of drug-likeness (QED) is 0.436. The van der Waals surface area contributed by atoms with E-state index >= 15 is 0 Å². The molecule has 1 rings (SSSR count). The molecule has 0 heterocycles. The van der Waals surface area contributed by atoms with Crippen LogP contribution in [0.2, 0.25) is 0 Å². The van der Waals surface area contributed by atoms with Crippen LogP contribution >= 0.6 is 10.7 Å². The lowest BCUT2D eigenvalue weighted by molar-refractivity contribution is 0.303. The molecule has 3 nitrogen and oxygen atoms in total. The van der Waals surface area contributed by atoms with Gasteiger partial charge in [-0.25, -0.2) is 8.42 Å². The second-order valence-corrected chi connectivity index (χ2v) is 8.62. The molecule has 0 atom stereocenters. The van der Waals surface area contributed by atoms with Crippen LogP contribution in [0.1, 0.15) is 44.7 Å². The zero-order chi connectivity index (χ0) is 16.3. The second kappa shape index (κ2) is 6.84. The van der Waals surface area contributed by atoms with E-state index in [-0.39, 0.29) is 10.3 Å². The van der Waals surface area contributed by atoms with E-state index in [4.69, 9.17) is 15.4 Å². The van der Waals surface area contributed by atoms with Crippen molar-refractivity contribution in [1.82, 2.24) is 0 Å². The SMILES string of the molecule is C=CCCCOc1cc(C)c(S(=O)(=O)Cl)cc1C(C)(C)C. The first-order chi connectivity index (χ1) is 9.57. The molecular formula is C16H23ClO3S. The molecule has 1 aromatic carbocycles. The smallest absolute Gasteiger partial charge is 0.261 e. The fourth-order valence-corrected chi connectivity index (χ4v) is 3.24.